The van der Waals surface area contributed by atoms with Gasteiger partial charge in [0.25, 0.3) is 0 Å². The van der Waals surface area contributed by atoms with Crippen LogP contribution in [0.2, 0.25) is 0 Å². The summed E-state index contributed by atoms with van der Waals surface area (Å²) in [6.07, 6.45) is 4.06. The number of H-pyrrole nitrogens is 1. The van der Waals surface area contributed by atoms with Gasteiger partial charge in [0.05, 0.1) is 12.0 Å². The first-order valence-electron chi connectivity index (χ1n) is 7.12. The predicted octanol–water partition coefficient (Wildman–Crippen LogP) is 3.00. The Kier molecular flexibility index (Phi) is 2.77. The predicted molar refractivity (Wildman–Crippen MR) is 82.0 cm³/mol. The number of fused-ring (bicyclic) bond motifs is 1. The Bertz CT molecular complexity index is 775. The van der Waals surface area contributed by atoms with E-state index in [0.717, 1.165) is 34.6 Å². The molecule has 0 spiro atoms. The Hall–Kier alpha value is -2.56. The van der Waals surface area contributed by atoms with E-state index in [4.69, 9.17) is 10.5 Å². The van der Waals surface area contributed by atoms with Crippen molar-refractivity contribution in [2.24, 2.45) is 5.92 Å². The third-order valence-corrected chi connectivity index (χ3v) is 3.76. The summed E-state index contributed by atoms with van der Waals surface area (Å²) in [6, 6.07) is 9.77. The number of benzene rings is 1. The van der Waals surface area contributed by atoms with Gasteiger partial charge in [0, 0.05) is 11.4 Å². The molecular weight excluding hydrogens is 264 g/mol. The Labute approximate surface area is 122 Å². The van der Waals surface area contributed by atoms with Gasteiger partial charge < -0.3 is 15.5 Å². The molecule has 0 unspecified atom stereocenters. The van der Waals surface area contributed by atoms with E-state index in [9.17, 15) is 0 Å². The Balaban J connectivity index is 1.71. The molecule has 5 heteroatoms. The van der Waals surface area contributed by atoms with Gasteiger partial charge in [-0.15, -0.1) is 0 Å². The number of anilines is 1. The fourth-order valence-electron chi connectivity index (χ4n) is 2.33. The number of nitrogens with two attached hydrogens (primary N) is 1. The van der Waals surface area contributed by atoms with Crippen molar-refractivity contribution in [1.82, 2.24) is 15.0 Å². The molecule has 21 heavy (non-hydrogen) atoms. The molecule has 0 atom stereocenters. The maximum absolute atomic E-state index is 5.82. The van der Waals surface area contributed by atoms with Crippen LogP contribution in [0.4, 0.5) is 5.69 Å². The number of nitrogens with zero attached hydrogens (tertiary/aromatic N) is 2. The molecule has 0 saturated heterocycles. The molecule has 1 saturated carbocycles. The average Bonchev–Trinajstić information content (AvgIpc) is 3.22. The van der Waals surface area contributed by atoms with Gasteiger partial charge >= 0.3 is 0 Å². The maximum Gasteiger partial charge on any atom is 0.226 e. The standard InChI is InChI=1S/C16H16N4O/c17-12-5-3-11(4-6-12)14-7-13-15(20-14)18-9-19-16(13)21-8-10-1-2-10/h3-7,9-10H,1-2,8,17H2,(H,18,19,20). The monoisotopic (exact) mass is 280 g/mol. The number of nitrogens with one attached hydrogen (secondary N) is 1. The van der Waals surface area contributed by atoms with Crippen molar-refractivity contribution < 1.29 is 4.74 Å². The number of ether oxygens (including phenoxy) is 1. The lowest BCUT2D eigenvalue weighted by molar-refractivity contribution is 0.292. The molecule has 0 radical (unpaired) electrons. The average molecular weight is 280 g/mol. The summed E-state index contributed by atoms with van der Waals surface area (Å²) in [5, 5.41) is 0.921. The zero-order valence-electron chi connectivity index (χ0n) is 11.5. The molecule has 2 heterocycles. The summed E-state index contributed by atoms with van der Waals surface area (Å²) in [5.74, 6) is 1.36. The third kappa shape index (κ3) is 2.42. The lowest BCUT2D eigenvalue weighted by Crippen LogP contribution is -2.01. The Morgan fingerprint density at radius 3 is 2.76 bits per heavy atom. The summed E-state index contributed by atoms with van der Waals surface area (Å²) < 4.78 is 5.82. The Morgan fingerprint density at radius 1 is 1.19 bits per heavy atom. The molecule has 0 amide bonds. The van der Waals surface area contributed by atoms with E-state index in [-0.39, 0.29) is 0 Å². The summed E-state index contributed by atoms with van der Waals surface area (Å²) in [6.45, 7) is 0.745. The first-order chi connectivity index (χ1) is 10.3. The van der Waals surface area contributed by atoms with E-state index < -0.39 is 0 Å². The highest BCUT2D eigenvalue weighted by Crippen LogP contribution is 2.32. The second-order valence-corrected chi connectivity index (χ2v) is 5.50. The smallest absolute Gasteiger partial charge is 0.226 e. The zero-order valence-corrected chi connectivity index (χ0v) is 11.5. The number of rotatable bonds is 4. The van der Waals surface area contributed by atoms with Crippen LogP contribution in [0.1, 0.15) is 12.8 Å². The summed E-state index contributed by atoms with van der Waals surface area (Å²) in [5.41, 5.74) is 9.33. The van der Waals surface area contributed by atoms with Gasteiger partial charge in [0.15, 0.2) is 0 Å². The molecule has 0 bridgehead atoms. The van der Waals surface area contributed by atoms with Crippen LogP contribution in [0.3, 0.4) is 0 Å². The van der Waals surface area contributed by atoms with Crippen LogP contribution in [0.25, 0.3) is 22.3 Å². The molecule has 3 aromatic rings. The van der Waals surface area contributed by atoms with Gasteiger partial charge in [0.1, 0.15) is 12.0 Å². The van der Waals surface area contributed by atoms with Crippen LogP contribution < -0.4 is 10.5 Å². The normalized spacial score (nSPS) is 14.5. The highest BCUT2D eigenvalue weighted by Gasteiger charge is 2.22. The van der Waals surface area contributed by atoms with Crippen LogP contribution in [0, 0.1) is 5.92 Å². The molecule has 1 aliphatic carbocycles. The second-order valence-electron chi connectivity index (χ2n) is 5.50. The van der Waals surface area contributed by atoms with Crippen LogP contribution >= 0.6 is 0 Å². The molecule has 2 aromatic heterocycles. The van der Waals surface area contributed by atoms with Crippen molar-refractivity contribution in [3.05, 3.63) is 36.7 Å². The first-order valence-corrected chi connectivity index (χ1v) is 7.12. The van der Waals surface area contributed by atoms with E-state index >= 15 is 0 Å². The van der Waals surface area contributed by atoms with Crippen molar-refractivity contribution in [2.75, 3.05) is 12.3 Å². The molecule has 106 valence electrons. The van der Waals surface area contributed by atoms with Gasteiger partial charge in [-0.3, -0.25) is 0 Å². The van der Waals surface area contributed by atoms with Crippen molar-refractivity contribution >= 4 is 16.7 Å². The minimum atomic E-state index is 0.657. The first kappa shape index (κ1) is 12.2. The van der Waals surface area contributed by atoms with E-state index in [1.807, 2.05) is 30.3 Å². The highest BCUT2D eigenvalue weighted by molar-refractivity contribution is 5.86. The van der Waals surface area contributed by atoms with Crippen LogP contribution in [-0.2, 0) is 0 Å². The second kappa shape index (κ2) is 4.77. The minimum Gasteiger partial charge on any atom is -0.477 e. The van der Waals surface area contributed by atoms with E-state index in [0.29, 0.717) is 11.8 Å². The third-order valence-electron chi connectivity index (χ3n) is 3.76. The summed E-state index contributed by atoms with van der Waals surface area (Å²) >= 11 is 0. The van der Waals surface area contributed by atoms with Gasteiger partial charge in [-0.05, 0) is 42.5 Å². The zero-order chi connectivity index (χ0) is 14.2. The van der Waals surface area contributed by atoms with Gasteiger partial charge in [-0.1, -0.05) is 12.1 Å². The molecule has 0 aliphatic heterocycles. The van der Waals surface area contributed by atoms with Crippen molar-refractivity contribution in [3.63, 3.8) is 0 Å². The van der Waals surface area contributed by atoms with E-state index in [1.165, 1.54) is 19.2 Å². The summed E-state index contributed by atoms with van der Waals surface area (Å²) in [4.78, 5) is 11.8. The molecule has 1 aliphatic rings. The molecule has 1 aromatic carbocycles. The van der Waals surface area contributed by atoms with Crippen molar-refractivity contribution in [2.45, 2.75) is 12.8 Å². The molecular formula is C16H16N4O. The largest absolute Gasteiger partial charge is 0.477 e. The van der Waals surface area contributed by atoms with Gasteiger partial charge in [0.2, 0.25) is 5.88 Å². The topological polar surface area (TPSA) is 76.8 Å². The molecule has 3 N–H and O–H groups in total. The lowest BCUT2D eigenvalue weighted by atomic mass is 10.1. The minimum absolute atomic E-state index is 0.657. The highest BCUT2D eigenvalue weighted by atomic mass is 16.5. The fourth-order valence-corrected chi connectivity index (χ4v) is 2.33. The van der Waals surface area contributed by atoms with Crippen molar-refractivity contribution in [3.8, 4) is 17.1 Å². The van der Waals surface area contributed by atoms with E-state index in [2.05, 4.69) is 15.0 Å². The molecule has 4 rings (SSSR count). The molecule has 1 fully saturated rings. The molecule has 5 nitrogen and oxygen atoms in total. The number of hydrogen-bond acceptors (Lipinski definition) is 4. The number of aromatic nitrogens is 3. The Morgan fingerprint density at radius 2 is 2.00 bits per heavy atom. The van der Waals surface area contributed by atoms with Gasteiger partial charge in [-0.25, -0.2) is 9.97 Å². The lowest BCUT2D eigenvalue weighted by Gasteiger charge is -2.03. The van der Waals surface area contributed by atoms with Crippen LogP contribution in [-0.4, -0.2) is 21.6 Å². The fraction of sp³-hybridized carbons (Fsp3) is 0.250. The van der Waals surface area contributed by atoms with Gasteiger partial charge in [-0.2, -0.15) is 0 Å². The summed E-state index contributed by atoms with van der Waals surface area (Å²) in [7, 11) is 0. The van der Waals surface area contributed by atoms with E-state index in [1.54, 1.807) is 0 Å². The maximum atomic E-state index is 5.82. The number of nitrogen functional groups attached to an aromatic ring is 1. The number of aromatic amines is 1. The van der Waals surface area contributed by atoms with Crippen LogP contribution in [0.15, 0.2) is 36.7 Å². The number of hydrogen-bond donors (Lipinski definition) is 2. The quantitative estimate of drug-likeness (QED) is 0.720. The SMILES string of the molecule is Nc1ccc(-c2cc3c(OCC4CC4)ncnc3[nH]2)cc1. The van der Waals surface area contributed by atoms with Crippen LogP contribution in [0.5, 0.6) is 5.88 Å². The van der Waals surface area contributed by atoms with Crippen molar-refractivity contribution in [1.29, 1.82) is 0 Å².